The highest BCUT2D eigenvalue weighted by Gasteiger charge is 2.32. The van der Waals surface area contributed by atoms with Gasteiger partial charge in [-0.2, -0.15) is 4.31 Å². The SMILES string of the molecule is CC(C(=O)NCc1ccccc1)N1CCN(S(=O)(=O)c2ccc(Cl)s2)CC1. The highest BCUT2D eigenvalue weighted by Crippen LogP contribution is 2.28. The molecule has 1 N–H and O–H groups in total. The summed E-state index contributed by atoms with van der Waals surface area (Å²) in [5.41, 5.74) is 1.04. The van der Waals surface area contributed by atoms with Crippen molar-refractivity contribution in [3.05, 3.63) is 52.4 Å². The summed E-state index contributed by atoms with van der Waals surface area (Å²) >= 11 is 6.92. The van der Waals surface area contributed by atoms with E-state index in [0.29, 0.717) is 37.1 Å². The number of amides is 1. The predicted molar refractivity (Wildman–Crippen MR) is 107 cm³/mol. The van der Waals surface area contributed by atoms with Gasteiger partial charge in [-0.25, -0.2) is 8.42 Å². The molecule has 1 aromatic heterocycles. The Morgan fingerprint density at radius 2 is 1.81 bits per heavy atom. The van der Waals surface area contributed by atoms with Crippen molar-refractivity contribution in [2.75, 3.05) is 26.2 Å². The van der Waals surface area contributed by atoms with Crippen LogP contribution in [-0.2, 0) is 21.4 Å². The Hall–Kier alpha value is -1.45. The van der Waals surface area contributed by atoms with E-state index in [4.69, 9.17) is 11.6 Å². The summed E-state index contributed by atoms with van der Waals surface area (Å²) in [7, 11) is -3.52. The maximum absolute atomic E-state index is 12.7. The molecule has 2 heterocycles. The van der Waals surface area contributed by atoms with Crippen molar-refractivity contribution in [2.24, 2.45) is 0 Å². The number of carbonyl (C=O) groups is 1. The van der Waals surface area contributed by atoms with E-state index in [1.54, 1.807) is 6.07 Å². The molecule has 0 radical (unpaired) electrons. The van der Waals surface area contributed by atoms with Crippen LogP contribution in [0.1, 0.15) is 12.5 Å². The van der Waals surface area contributed by atoms with E-state index in [2.05, 4.69) is 5.32 Å². The Morgan fingerprint density at radius 1 is 1.15 bits per heavy atom. The fourth-order valence-corrected chi connectivity index (χ4v) is 6.05. The molecule has 146 valence electrons. The average Bonchev–Trinajstić information content (AvgIpc) is 3.13. The quantitative estimate of drug-likeness (QED) is 0.768. The minimum Gasteiger partial charge on any atom is -0.351 e. The molecule has 1 saturated heterocycles. The van der Waals surface area contributed by atoms with E-state index < -0.39 is 10.0 Å². The first-order chi connectivity index (χ1) is 12.9. The van der Waals surface area contributed by atoms with Crippen LogP contribution in [0.2, 0.25) is 4.34 Å². The molecule has 1 aliphatic rings. The lowest BCUT2D eigenvalue weighted by atomic mass is 10.2. The first-order valence-electron chi connectivity index (χ1n) is 8.69. The van der Waals surface area contributed by atoms with E-state index >= 15 is 0 Å². The summed E-state index contributed by atoms with van der Waals surface area (Å²) in [5.74, 6) is -0.0554. The summed E-state index contributed by atoms with van der Waals surface area (Å²) in [6, 6.07) is 12.6. The molecule has 27 heavy (non-hydrogen) atoms. The molecule has 1 amide bonds. The number of hydrogen-bond acceptors (Lipinski definition) is 5. The second-order valence-corrected chi connectivity index (χ2v) is 10.3. The molecule has 1 aromatic carbocycles. The first-order valence-corrected chi connectivity index (χ1v) is 11.3. The number of halogens is 1. The van der Waals surface area contributed by atoms with E-state index in [0.717, 1.165) is 16.9 Å². The Labute approximate surface area is 168 Å². The number of piperazine rings is 1. The number of thiophene rings is 1. The molecule has 9 heteroatoms. The number of nitrogens with one attached hydrogen (secondary N) is 1. The van der Waals surface area contributed by atoms with Crippen LogP contribution in [0, 0.1) is 0 Å². The van der Waals surface area contributed by atoms with Crippen LogP contribution in [0.3, 0.4) is 0 Å². The van der Waals surface area contributed by atoms with Crippen molar-refractivity contribution in [3.63, 3.8) is 0 Å². The van der Waals surface area contributed by atoms with Crippen LogP contribution in [-0.4, -0.2) is 55.8 Å². The fraction of sp³-hybridized carbons (Fsp3) is 0.389. The van der Waals surface area contributed by atoms with Crippen LogP contribution < -0.4 is 5.32 Å². The van der Waals surface area contributed by atoms with Gasteiger partial charge >= 0.3 is 0 Å². The summed E-state index contributed by atoms with van der Waals surface area (Å²) in [4.78, 5) is 14.4. The van der Waals surface area contributed by atoms with Crippen LogP contribution in [0.25, 0.3) is 0 Å². The molecule has 1 fully saturated rings. The molecular weight excluding hydrogens is 406 g/mol. The molecular formula is C18H22ClN3O3S2. The topological polar surface area (TPSA) is 69.7 Å². The zero-order valence-corrected chi connectivity index (χ0v) is 17.4. The molecule has 0 bridgehead atoms. The van der Waals surface area contributed by atoms with Gasteiger partial charge in [-0.3, -0.25) is 9.69 Å². The van der Waals surface area contributed by atoms with Gasteiger partial charge in [0.15, 0.2) is 0 Å². The second-order valence-electron chi connectivity index (χ2n) is 6.38. The highest BCUT2D eigenvalue weighted by molar-refractivity contribution is 7.91. The smallest absolute Gasteiger partial charge is 0.252 e. The van der Waals surface area contributed by atoms with Crippen molar-refractivity contribution in [1.82, 2.24) is 14.5 Å². The van der Waals surface area contributed by atoms with Gasteiger partial charge < -0.3 is 5.32 Å². The van der Waals surface area contributed by atoms with Crippen molar-refractivity contribution in [1.29, 1.82) is 0 Å². The number of carbonyl (C=O) groups excluding carboxylic acids is 1. The maximum Gasteiger partial charge on any atom is 0.252 e. The average molecular weight is 428 g/mol. The molecule has 6 nitrogen and oxygen atoms in total. The molecule has 1 atom stereocenters. The third-order valence-corrected chi connectivity index (χ3v) is 8.25. The largest absolute Gasteiger partial charge is 0.351 e. The lowest BCUT2D eigenvalue weighted by Gasteiger charge is -2.36. The van der Waals surface area contributed by atoms with Crippen LogP contribution in [0.4, 0.5) is 0 Å². The molecule has 1 unspecified atom stereocenters. The van der Waals surface area contributed by atoms with E-state index in [1.807, 2.05) is 42.2 Å². The van der Waals surface area contributed by atoms with Crippen molar-refractivity contribution in [3.8, 4) is 0 Å². The molecule has 0 spiro atoms. The van der Waals surface area contributed by atoms with Gasteiger partial charge in [0.2, 0.25) is 5.91 Å². The van der Waals surface area contributed by atoms with Crippen LogP contribution in [0.5, 0.6) is 0 Å². The molecule has 3 rings (SSSR count). The van der Waals surface area contributed by atoms with Gasteiger partial charge in [-0.1, -0.05) is 41.9 Å². The third kappa shape index (κ3) is 4.89. The normalized spacial score (nSPS) is 17.6. The molecule has 1 aliphatic heterocycles. The number of nitrogens with zero attached hydrogens (tertiary/aromatic N) is 2. The Kier molecular flexibility index (Phi) is 6.54. The van der Waals surface area contributed by atoms with Gasteiger partial charge in [0.25, 0.3) is 10.0 Å². The number of hydrogen-bond donors (Lipinski definition) is 1. The number of benzene rings is 1. The minimum atomic E-state index is -3.52. The summed E-state index contributed by atoms with van der Waals surface area (Å²) in [6.45, 7) is 4.07. The predicted octanol–water partition coefficient (Wildman–Crippen LogP) is 2.41. The van der Waals surface area contributed by atoms with Crippen molar-refractivity contribution >= 4 is 38.9 Å². The lowest BCUT2D eigenvalue weighted by Crippen LogP contribution is -2.54. The first kappa shape index (κ1) is 20.3. The Morgan fingerprint density at radius 3 is 2.41 bits per heavy atom. The van der Waals surface area contributed by atoms with Crippen LogP contribution in [0.15, 0.2) is 46.7 Å². The third-order valence-electron chi connectivity index (χ3n) is 4.65. The van der Waals surface area contributed by atoms with Gasteiger partial charge in [0.1, 0.15) is 4.21 Å². The maximum atomic E-state index is 12.7. The van der Waals surface area contributed by atoms with Crippen molar-refractivity contribution < 1.29 is 13.2 Å². The summed E-state index contributed by atoms with van der Waals surface area (Å²) < 4.78 is 27.5. The van der Waals surface area contributed by atoms with Gasteiger partial charge in [0.05, 0.1) is 10.4 Å². The second kappa shape index (κ2) is 8.70. The monoisotopic (exact) mass is 427 g/mol. The minimum absolute atomic E-state index is 0.0554. The lowest BCUT2D eigenvalue weighted by molar-refractivity contribution is -0.126. The molecule has 0 saturated carbocycles. The summed E-state index contributed by atoms with van der Waals surface area (Å²) in [6.07, 6.45) is 0. The summed E-state index contributed by atoms with van der Waals surface area (Å²) in [5, 5.41) is 2.94. The number of rotatable bonds is 6. The van der Waals surface area contributed by atoms with Crippen LogP contribution >= 0.6 is 22.9 Å². The van der Waals surface area contributed by atoms with Gasteiger partial charge in [0, 0.05) is 32.7 Å². The van der Waals surface area contributed by atoms with E-state index in [-0.39, 0.29) is 16.2 Å². The zero-order valence-electron chi connectivity index (χ0n) is 15.0. The number of sulfonamides is 1. The fourth-order valence-electron chi connectivity index (χ4n) is 2.99. The Balaban J connectivity index is 1.53. The van der Waals surface area contributed by atoms with Gasteiger partial charge in [-0.15, -0.1) is 11.3 Å². The van der Waals surface area contributed by atoms with E-state index in [1.165, 1.54) is 10.4 Å². The molecule has 2 aromatic rings. The van der Waals surface area contributed by atoms with Gasteiger partial charge in [-0.05, 0) is 24.6 Å². The Bertz CT molecular complexity index is 878. The zero-order chi connectivity index (χ0) is 19.4. The van der Waals surface area contributed by atoms with E-state index in [9.17, 15) is 13.2 Å². The highest BCUT2D eigenvalue weighted by atomic mass is 35.5. The molecule has 0 aliphatic carbocycles. The standard InChI is InChI=1S/C18H22ClN3O3S2/c1-14(18(23)20-13-15-5-3-2-4-6-15)21-9-11-22(12-10-21)27(24,25)17-8-7-16(19)26-17/h2-8,14H,9-13H2,1H3,(H,20,23). The van der Waals surface area contributed by atoms with Crippen molar-refractivity contribution in [2.45, 2.75) is 23.7 Å².